The van der Waals surface area contributed by atoms with E-state index in [4.69, 9.17) is 10.8 Å². The van der Waals surface area contributed by atoms with Crippen LogP contribution in [0.4, 0.5) is 0 Å². The highest BCUT2D eigenvalue weighted by atomic mass is 16.4. The van der Waals surface area contributed by atoms with Crippen LogP contribution < -0.4 is 43.0 Å². The topological polar surface area (TPSA) is 416 Å². The molecular weight excluding hydrogens is 848 g/mol. The molecule has 0 fully saturated rings. The van der Waals surface area contributed by atoms with Gasteiger partial charge in [-0.15, -0.1) is 10.2 Å². The number of tetrazole rings is 1. The molecule has 8 atom stereocenters. The minimum absolute atomic E-state index is 0.0161. The zero-order valence-corrected chi connectivity index (χ0v) is 35.7. The van der Waals surface area contributed by atoms with Crippen LogP contribution in [0.2, 0.25) is 0 Å². The van der Waals surface area contributed by atoms with Crippen molar-refractivity contribution in [2.45, 2.75) is 115 Å². The Kier molecular flexibility index (Phi) is 21.3. The van der Waals surface area contributed by atoms with Crippen molar-refractivity contribution >= 4 is 59.3 Å². The second-order valence-corrected chi connectivity index (χ2v) is 15.4. The number of aliphatic hydroxyl groups is 1. The number of nitrogens with one attached hydrogen (secondary N) is 8. The fraction of sp³-hybridized carbons (Fsp3) is 0.553. The van der Waals surface area contributed by atoms with Crippen LogP contribution in [0.1, 0.15) is 76.5 Å². The van der Waals surface area contributed by atoms with Gasteiger partial charge in [0, 0.05) is 13.0 Å². The lowest BCUT2D eigenvalue weighted by atomic mass is 9.97. The van der Waals surface area contributed by atoms with Gasteiger partial charge in [-0.25, -0.2) is 4.79 Å². The van der Waals surface area contributed by atoms with E-state index in [0.717, 1.165) is 6.92 Å². The Morgan fingerprint density at radius 2 is 1.27 bits per heavy atom. The molecule has 7 amide bonds. The summed E-state index contributed by atoms with van der Waals surface area (Å²) in [7, 11) is 0. The fourth-order valence-electron chi connectivity index (χ4n) is 5.88. The van der Waals surface area contributed by atoms with E-state index >= 15 is 0 Å². The summed E-state index contributed by atoms with van der Waals surface area (Å²) in [6.07, 6.45) is -4.51. The SMILES string of the molecule is CC(C)C[C@H](NC(=O)[C@@H](NC(=O)[C@H](CN)NC(=O)c1nn[nH]n1)C(C)C)C(=O)N[C@@H](Cc1ccccc1)[C@@H](O)C(=O)N[C@@H](CC(=O)O)C(=O)N[C@@H](C)C(=O)N[C@@H](CCC(=O)O)C(=O)O. The number of aromatic nitrogens is 4. The Bertz CT molecular complexity index is 1950. The summed E-state index contributed by atoms with van der Waals surface area (Å²) in [6.45, 7) is 7.44. The molecule has 14 N–H and O–H groups in total. The predicted molar refractivity (Wildman–Crippen MR) is 219 cm³/mol. The van der Waals surface area contributed by atoms with Crippen LogP contribution in [0.25, 0.3) is 0 Å². The highest BCUT2D eigenvalue weighted by molar-refractivity contribution is 5.98. The number of aliphatic carboxylic acids is 3. The molecule has 2 aromatic rings. The van der Waals surface area contributed by atoms with Crippen molar-refractivity contribution in [3.05, 3.63) is 41.7 Å². The normalized spacial score (nSPS) is 14.8. The lowest BCUT2D eigenvalue weighted by Gasteiger charge is -2.30. The molecule has 64 heavy (non-hydrogen) atoms. The van der Waals surface area contributed by atoms with Gasteiger partial charge < -0.3 is 63.4 Å². The van der Waals surface area contributed by atoms with Crippen molar-refractivity contribution in [3.8, 4) is 0 Å². The largest absolute Gasteiger partial charge is 0.481 e. The number of hydrogen-bond donors (Lipinski definition) is 13. The average Bonchev–Trinajstić information content (AvgIpc) is 3.77. The quantitative estimate of drug-likeness (QED) is 0.0405. The highest BCUT2D eigenvalue weighted by Crippen LogP contribution is 2.12. The number of aliphatic hydroxyl groups excluding tert-OH is 1. The monoisotopic (exact) mass is 904 g/mol. The number of carboxylic acids is 3. The van der Waals surface area contributed by atoms with E-state index in [0.29, 0.717) is 5.56 Å². The second-order valence-electron chi connectivity index (χ2n) is 15.4. The third-order valence-electron chi connectivity index (χ3n) is 9.29. The number of nitrogens with two attached hydrogens (primary N) is 1. The van der Waals surface area contributed by atoms with Crippen LogP contribution in [0, 0.1) is 11.8 Å². The molecule has 0 aliphatic carbocycles. The Hall–Kier alpha value is -7.09. The second kappa shape index (κ2) is 25.8. The van der Waals surface area contributed by atoms with Crippen molar-refractivity contribution in [3.63, 3.8) is 0 Å². The van der Waals surface area contributed by atoms with Gasteiger partial charge in [-0.05, 0) is 48.8 Å². The fourth-order valence-corrected chi connectivity index (χ4v) is 5.88. The first kappa shape index (κ1) is 53.0. The molecule has 0 aliphatic heterocycles. The van der Waals surface area contributed by atoms with Crippen LogP contribution in [0.3, 0.4) is 0 Å². The Labute approximate surface area is 366 Å². The van der Waals surface area contributed by atoms with E-state index in [1.165, 1.54) is 0 Å². The van der Waals surface area contributed by atoms with Gasteiger partial charge in [-0.1, -0.05) is 58.0 Å². The maximum atomic E-state index is 14.0. The molecule has 0 bridgehead atoms. The van der Waals surface area contributed by atoms with Gasteiger partial charge in [0.15, 0.2) is 6.10 Å². The maximum Gasteiger partial charge on any atom is 0.326 e. The number of carbonyl (C=O) groups is 10. The molecule has 0 spiro atoms. The van der Waals surface area contributed by atoms with Gasteiger partial charge in [-0.3, -0.25) is 43.2 Å². The molecule has 26 heteroatoms. The van der Waals surface area contributed by atoms with Crippen LogP contribution in [0.5, 0.6) is 0 Å². The summed E-state index contributed by atoms with van der Waals surface area (Å²) in [5.41, 5.74) is 6.23. The van der Waals surface area contributed by atoms with Gasteiger partial charge in [0.05, 0.1) is 12.5 Å². The van der Waals surface area contributed by atoms with Crippen molar-refractivity contribution in [2.24, 2.45) is 17.6 Å². The minimum Gasteiger partial charge on any atom is -0.481 e. The number of benzene rings is 1. The zero-order chi connectivity index (χ0) is 48.3. The molecule has 2 rings (SSSR count). The molecule has 0 saturated carbocycles. The van der Waals surface area contributed by atoms with Gasteiger partial charge in [0.1, 0.15) is 36.3 Å². The number of H-pyrrole nitrogens is 1. The Balaban J connectivity index is 2.31. The molecule has 0 saturated heterocycles. The van der Waals surface area contributed by atoms with Crippen molar-refractivity contribution < 1.29 is 68.4 Å². The van der Waals surface area contributed by atoms with Gasteiger partial charge in [-0.2, -0.15) is 5.21 Å². The van der Waals surface area contributed by atoms with Crippen LogP contribution in [-0.4, -0.2) is 155 Å². The standard InChI is InChI=1S/C38H56N12O14/c1-17(2)13-23(43-35(60)28(18(3)4)46-34(59)25(16-39)45-37(62)30-47-49-50-48-30)33(58)42-22(14-20-9-7-6-8-10-20)29(55)36(61)44-24(15-27(53)54)32(57)40-19(5)31(56)41-21(38(63)64)11-12-26(51)52/h6-10,17-19,21-25,28-29,55H,11-16,39H2,1-5H3,(H,40,57)(H,41,56)(H,42,58)(H,43,60)(H,44,61)(H,45,62)(H,46,59)(H,51,52)(H,53,54)(H,63,64)(H,47,48,49,50)/t19-,21-,22-,23-,24-,25-,28-,29+/m0/s1. The predicted octanol–water partition coefficient (Wildman–Crippen LogP) is -4.08. The smallest absolute Gasteiger partial charge is 0.326 e. The van der Waals surface area contributed by atoms with E-state index in [-0.39, 0.29) is 31.1 Å². The van der Waals surface area contributed by atoms with Crippen molar-refractivity contribution in [1.82, 2.24) is 57.8 Å². The average molecular weight is 905 g/mol. The molecule has 26 nitrogen and oxygen atoms in total. The molecule has 1 heterocycles. The van der Waals surface area contributed by atoms with E-state index in [1.54, 1.807) is 58.0 Å². The highest BCUT2D eigenvalue weighted by Gasteiger charge is 2.36. The molecule has 0 aliphatic rings. The third-order valence-corrected chi connectivity index (χ3v) is 9.29. The summed E-state index contributed by atoms with van der Waals surface area (Å²) >= 11 is 0. The third kappa shape index (κ3) is 17.7. The van der Waals surface area contributed by atoms with Crippen molar-refractivity contribution in [2.75, 3.05) is 6.54 Å². The maximum absolute atomic E-state index is 14.0. The molecule has 1 aromatic carbocycles. The van der Waals surface area contributed by atoms with E-state index < -0.39 is 133 Å². The van der Waals surface area contributed by atoms with Gasteiger partial charge >= 0.3 is 17.9 Å². The number of carbonyl (C=O) groups excluding carboxylic acids is 7. The lowest BCUT2D eigenvalue weighted by Crippen LogP contribution is -2.61. The number of rotatable bonds is 27. The summed E-state index contributed by atoms with van der Waals surface area (Å²) in [4.78, 5) is 127. The van der Waals surface area contributed by atoms with E-state index in [1.807, 2.05) is 0 Å². The molecule has 0 radical (unpaired) electrons. The first-order chi connectivity index (χ1) is 30.0. The lowest BCUT2D eigenvalue weighted by molar-refractivity contribution is -0.144. The first-order valence-corrected chi connectivity index (χ1v) is 20.0. The molecule has 1 aromatic heterocycles. The van der Waals surface area contributed by atoms with Gasteiger partial charge in [0.25, 0.3) is 17.6 Å². The molecule has 352 valence electrons. The van der Waals surface area contributed by atoms with E-state index in [2.05, 4.69) is 57.8 Å². The molecular formula is C38H56N12O14. The van der Waals surface area contributed by atoms with Crippen molar-refractivity contribution in [1.29, 1.82) is 0 Å². The number of nitrogens with zero attached hydrogens (tertiary/aromatic N) is 3. The molecule has 0 unspecified atom stereocenters. The first-order valence-electron chi connectivity index (χ1n) is 20.0. The summed E-state index contributed by atoms with van der Waals surface area (Å²) in [5, 5.41) is 68.0. The Morgan fingerprint density at radius 3 is 1.80 bits per heavy atom. The number of carboxylic acid groups (broad SMARTS) is 3. The van der Waals surface area contributed by atoms with Gasteiger partial charge in [0.2, 0.25) is 29.5 Å². The van der Waals surface area contributed by atoms with E-state index in [9.17, 15) is 63.3 Å². The summed E-state index contributed by atoms with van der Waals surface area (Å²) in [6, 6.07) is -2.29. The number of hydrogen-bond acceptors (Lipinski definition) is 15. The Morgan fingerprint density at radius 1 is 0.672 bits per heavy atom. The van der Waals surface area contributed by atoms with Crippen LogP contribution >= 0.6 is 0 Å². The summed E-state index contributed by atoms with van der Waals surface area (Å²) in [5.74, 6) is -12.7. The number of aromatic amines is 1. The minimum atomic E-state index is -2.17. The van der Waals surface area contributed by atoms with Crippen LogP contribution in [-0.2, 0) is 49.6 Å². The summed E-state index contributed by atoms with van der Waals surface area (Å²) < 4.78 is 0. The van der Waals surface area contributed by atoms with Crippen LogP contribution in [0.15, 0.2) is 30.3 Å². The zero-order valence-electron chi connectivity index (χ0n) is 35.7. The number of amides is 7.